The molecule has 0 aromatic rings. The maximum Gasteiger partial charge on any atom is 0.315 e. The summed E-state index contributed by atoms with van der Waals surface area (Å²) in [7, 11) is 0. The van der Waals surface area contributed by atoms with Crippen LogP contribution in [0.25, 0.3) is 0 Å². The van der Waals surface area contributed by atoms with Crippen LogP contribution in [0.5, 0.6) is 0 Å². The third-order valence-electron chi connectivity index (χ3n) is 17.3. The largest absolute Gasteiger partial charge is 0.465 e. The maximum absolute atomic E-state index is 15.5. The molecule has 5 fully saturated rings. The molecule has 1 saturated heterocycles. The van der Waals surface area contributed by atoms with Gasteiger partial charge in [0, 0.05) is 59.3 Å². The lowest BCUT2D eigenvalue weighted by atomic mass is 9.33. The van der Waals surface area contributed by atoms with E-state index in [2.05, 4.69) is 40.7 Å². The number of ether oxygens (including phenoxy) is 9. The van der Waals surface area contributed by atoms with Crippen molar-refractivity contribution in [3.63, 3.8) is 0 Å². The van der Waals surface area contributed by atoms with E-state index in [0.29, 0.717) is 44.9 Å². The highest BCUT2D eigenvalue weighted by Crippen LogP contribution is 2.76. The van der Waals surface area contributed by atoms with Crippen molar-refractivity contribution in [2.45, 2.75) is 184 Å². The molecule has 0 spiro atoms. The number of allylic oxidation sites excluding steroid dienone is 2. The lowest BCUT2D eigenvalue weighted by molar-refractivity contribution is -0.304. The molecule has 0 bridgehead atoms. The van der Waals surface area contributed by atoms with Crippen LogP contribution < -0.4 is 0 Å². The minimum atomic E-state index is -1.69. The van der Waals surface area contributed by atoms with Gasteiger partial charge in [-0.3, -0.25) is 38.4 Å². The van der Waals surface area contributed by atoms with Crippen molar-refractivity contribution in [2.75, 3.05) is 19.8 Å². The molecule has 6 aliphatic rings. The smallest absolute Gasteiger partial charge is 0.315 e. The molecule has 67 heavy (non-hydrogen) atoms. The van der Waals surface area contributed by atoms with Gasteiger partial charge in [0.05, 0.1) is 12.0 Å². The Bertz CT molecular complexity index is 2030. The molecule has 1 heterocycles. The molecule has 15 atom stereocenters. The van der Waals surface area contributed by atoms with Gasteiger partial charge >= 0.3 is 47.8 Å². The highest BCUT2D eigenvalue weighted by Gasteiger charge is 2.71. The zero-order chi connectivity index (χ0) is 49.7. The normalized spacial score (nSPS) is 40.8. The molecule has 0 aromatic heterocycles. The van der Waals surface area contributed by atoms with Gasteiger partial charge in [-0.2, -0.15) is 0 Å². The van der Waals surface area contributed by atoms with E-state index in [1.807, 2.05) is 0 Å². The highest BCUT2D eigenvalue weighted by atomic mass is 16.7. The first-order valence-electron chi connectivity index (χ1n) is 23.8. The maximum atomic E-state index is 15.5. The predicted molar refractivity (Wildman–Crippen MR) is 235 cm³/mol. The Kier molecular flexibility index (Phi) is 14.8. The average molecular weight is 945 g/mol. The Labute approximate surface area is 393 Å². The van der Waals surface area contributed by atoms with E-state index in [1.165, 1.54) is 27.7 Å². The van der Waals surface area contributed by atoms with Gasteiger partial charge < -0.3 is 42.6 Å². The number of hydrogen-bond acceptors (Lipinski definition) is 17. The summed E-state index contributed by atoms with van der Waals surface area (Å²) < 4.78 is 52.2. The van der Waals surface area contributed by atoms with Crippen LogP contribution >= 0.6 is 0 Å². The van der Waals surface area contributed by atoms with E-state index in [1.54, 1.807) is 0 Å². The number of carbonyl (C=O) groups is 8. The van der Waals surface area contributed by atoms with E-state index in [9.17, 15) is 33.6 Å². The van der Waals surface area contributed by atoms with Crippen LogP contribution in [0.1, 0.15) is 147 Å². The lowest BCUT2D eigenvalue weighted by Gasteiger charge is -2.71. The summed E-state index contributed by atoms with van der Waals surface area (Å²) in [5.74, 6) is -5.03. The first kappa shape index (κ1) is 51.8. The summed E-state index contributed by atoms with van der Waals surface area (Å²) in [6.07, 6.45) is 0.546. The van der Waals surface area contributed by atoms with Crippen molar-refractivity contribution in [1.82, 2.24) is 0 Å². The molecular formula is C50H72O17. The fraction of sp³-hybridized carbons (Fsp3) is 0.800. The summed E-state index contributed by atoms with van der Waals surface area (Å²) in [5, 5.41) is 0. The van der Waals surface area contributed by atoms with Crippen molar-refractivity contribution < 1.29 is 81.0 Å². The first-order valence-corrected chi connectivity index (χ1v) is 23.8. The van der Waals surface area contributed by atoms with Gasteiger partial charge in [-0.25, -0.2) is 0 Å². The molecule has 374 valence electrons. The van der Waals surface area contributed by atoms with E-state index in [-0.39, 0.29) is 47.8 Å². The third kappa shape index (κ3) is 9.73. The first-order chi connectivity index (χ1) is 31.1. The topological polar surface area (TPSA) is 220 Å². The Hall–Kier alpha value is -4.54. The molecule has 0 unspecified atom stereocenters. The SMILES string of the molecule is CC(=O)OC[C@H]1O[C@@H](OC(=O)[C@]23CC[C@@](C)(COC(C)=O)C[C@H]2C2=CC[C@@H]4[C@@]5(C)CC[C@H](OC(C)=O)[C@@](C)(COC(C)=O)[C@@H]5CC[C@@]4(C)[C@]2(C)CC3)[C@H](OC(C)=O)[C@@H](OC(C)=O)[C@@H]1OC(C)=O. The predicted octanol–water partition coefficient (Wildman–Crippen LogP) is 6.43. The van der Waals surface area contributed by atoms with E-state index in [0.717, 1.165) is 45.6 Å². The van der Waals surface area contributed by atoms with Gasteiger partial charge in [0.25, 0.3) is 0 Å². The van der Waals surface area contributed by atoms with Gasteiger partial charge in [-0.1, -0.05) is 46.3 Å². The molecule has 0 radical (unpaired) electrons. The minimum absolute atomic E-state index is 0.0648. The quantitative estimate of drug-likeness (QED) is 0.117. The standard InChI is InChI=1S/C50H72O17/c1-27(51)59-24-36-40(63-31(5)55)41(64-32(6)56)42(65-33(7)57)43(66-36)67-44(58)50-21-19-45(8,25-60-28(2)52)23-35(50)34-13-14-38-46(9)17-16-39(62-30(4)54)47(10,26-61-29(3)53)37(46)15-18-49(38,12)48(34,11)20-22-50/h13,35-43H,14-26H2,1-12H3/t35-,36+,37+,38+,39-,40+,41-,42+,43-,45+,46-,47-,48+,49+,50-/m0/s1. The fourth-order valence-corrected chi connectivity index (χ4v) is 14.1. The molecule has 0 aromatic carbocycles. The number of rotatable bonds is 12. The van der Waals surface area contributed by atoms with Gasteiger partial charge in [0.15, 0.2) is 12.2 Å². The second-order valence-electron chi connectivity index (χ2n) is 21.7. The molecule has 4 saturated carbocycles. The molecule has 5 aliphatic carbocycles. The monoisotopic (exact) mass is 944 g/mol. The molecule has 17 heteroatoms. The zero-order valence-electron chi connectivity index (χ0n) is 41.4. The molecule has 0 amide bonds. The molecular weight excluding hydrogens is 873 g/mol. The van der Waals surface area contributed by atoms with Gasteiger partial charge in [0.2, 0.25) is 12.4 Å². The van der Waals surface area contributed by atoms with Gasteiger partial charge in [-0.15, -0.1) is 0 Å². The van der Waals surface area contributed by atoms with Crippen molar-refractivity contribution >= 4 is 47.8 Å². The van der Waals surface area contributed by atoms with Gasteiger partial charge in [-0.05, 0) is 98.2 Å². The van der Waals surface area contributed by atoms with Crippen LogP contribution in [0.15, 0.2) is 11.6 Å². The number of hydrogen-bond donors (Lipinski definition) is 0. The van der Waals surface area contributed by atoms with Crippen molar-refractivity contribution in [3.05, 3.63) is 11.6 Å². The third-order valence-corrected chi connectivity index (χ3v) is 17.3. The van der Waals surface area contributed by atoms with E-state index < -0.39 is 107 Å². The Morgan fingerprint density at radius 2 is 1.15 bits per heavy atom. The van der Waals surface area contributed by atoms with Crippen LogP contribution in [0.4, 0.5) is 0 Å². The van der Waals surface area contributed by atoms with Crippen molar-refractivity contribution in [1.29, 1.82) is 0 Å². The van der Waals surface area contributed by atoms with Crippen LogP contribution in [0.3, 0.4) is 0 Å². The average Bonchev–Trinajstić information content (AvgIpc) is 3.21. The van der Waals surface area contributed by atoms with Crippen molar-refractivity contribution in [2.24, 2.45) is 50.2 Å². The molecule has 6 rings (SSSR count). The highest BCUT2D eigenvalue weighted by molar-refractivity contribution is 5.79. The zero-order valence-corrected chi connectivity index (χ0v) is 41.4. The molecule has 17 nitrogen and oxygen atoms in total. The second kappa shape index (κ2) is 19.1. The van der Waals surface area contributed by atoms with Gasteiger partial charge in [0.1, 0.15) is 25.4 Å². The minimum Gasteiger partial charge on any atom is -0.465 e. The number of fused-ring (bicyclic) bond motifs is 7. The van der Waals surface area contributed by atoms with Crippen molar-refractivity contribution in [3.8, 4) is 0 Å². The Balaban J connectivity index is 1.41. The Morgan fingerprint density at radius 3 is 1.75 bits per heavy atom. The second-order valence-corrected chi connectivity index (χ2v) is 21.7. The summed E-state index contributed by atoms with van der Waals surface area (Å²) in [4.78, 5) is 102. The summed E-state index contributed by atoms with van der Waals surface area (Å²) in [5.41, 5.74) is -2.04. The summed E-state index contributed by atoms with van der Waals surface area (Å²) in [6.45, 7) is 19.8. The van der Waals surface area contributed by atoms with Crippen LogP contribution in [-0.2, 0) is 81.0 Å². The summed E-state index contributed by atoms with van der Waals surface area (Å²) in [6, 6.07) is 0. The van der Waals surface area contributed by atoms with E-state index >= 15 is 4.79 Å². The Morgan fingerprint density at radius 1 is 0.582 bits per heavy atom. The molecule has 1 aliphatic heterocycles. The number of carbonyl (C=O) groups excluding carboxylic acids is 8. The van der Waals surface area contributed by atoms with E-state index in [4.69, 9.17) is 42.6 Å². The fourth-order valence-electron chi connectivity index (χ4n) is 14.1. The lowest BCUT2D eigenvalue weighted by Crippen LogP contribution is -2.67. The van der Waals surface area contributed by atoms with Crippen LogP contribution in [0, 0.1) is 50.2 Å². The van der Waals surface area contributed by atoms with Crippen LogP contribution in [0.2, 0.25) is 0 Å². The molecule has 0 N–H and O–H groups in total. The summed E-state index contributed by atoms with van der Waals surface area (Å²) >= 11 is 0. The van der Waals surface area contributed by atoms with Crippen LogP contribution in [-0.4, -0.2) is 104 Å². The number of esters is 8.